The summed E-state index contributed by atoms with van der Waals surface area (Å²) in [6, 6.07) is 0. The van der Waals surface area contributed by atoms with Gasteiger partial charge in [0.25, 0.3) is 0 Å². The fraction of sp³-hybridized carbons (Fsp3) is 0.625. The molecule has 0 aliphatic rings. The van der Waals surface area contributed by atoms with E-state index in [1.165, 1.54) is 24.8 Å². The lowest BCUT2D eigenvalue weighted by molar-refractivity contribution is 0.550. The third-order valence-corrected chi connectivity index (χ3v) is 2.02. The van der Waals surface area contributed by atoms with E-state index in [-0.39, 0.29) is 0 Å². The van der Waals surface area contributed by atoms with Crippen LogP contribution in [-0.2, 0) is 0 Å². The maximum absolute atomic E-state index is 3.00. The molecule has 0 saturated heterocycles. The van der Waals surface area contributed by atoms with Crippen LogP contribution in [0.2, 0.25) is 0 Å². The summed E-state index contributed by atoms with van der Waals surface area (Å²) in [6.45, 7) is 18.9. The average molecular weight is 224 g/mol. The summed E-state index contributed by atoms with van der Waals surface area (Å²) in [5.74, 6) is 0.903. The Hall–Kier alpha value is -0.780. The molecule has 0 aromatic rings. The molecule has 96 valence electrons. The van der Waals surface area contributed by atoms with Crippen LogP contribution in [-0.4, -0.2) is 0 Å². The van der Waals surface area contributed by atoms with Crippen LogP contribution >= 0.6 is 0 Å². The predicted octanol–water partition coefficient (Wildman–Crippen LogP) is 6.16. The third kappa shape index (κ3) is 29.2. The highest BCUT2D eigenvalue weighted by atomic mass is 13.9. The van der Waals surface area contributed by atoms with E-state index in [1.54, 1.807) is 0 Å². The van der Waals surface area contributed by atoms with Gasteiger partial charge in [-0.1, -0.05) is 63.8 Å². The summed E-state index contributed by atoms with van der Waals surface area (Å²) < 4.78 is 0. The molecule has 0 heteroatoms. The van der Waals surface area contributed by atoms with Crippen molar-refractivity contribution in [2.75, 3.05) is 0 Å². The summed E-state index contributed by atoms with van der Waals surface area (Å²) in [5, 5.41) is 0. The van der Waals surface area contributed by atoms with E-state index in [0.29, 0.717) is 0 Å². The number of allylic oxidation sites excluding steroid dienone is 4. The summed E-state index contributed by atoms with van der Waals surface area (Å²) in [4.78, 5) is 0. The fourth-order valence-electron chi connectivity index (χ4n) is 0.971. The first-order chi connectivity index (χ1) is 7.58. The molecule has 0 amide bonds. The zero-order chi connectivity index (χ0) is 13.4. The number of hydrogen-bond acceptors (Lipinski definition) is 0. The molecule has 0 aromatic carbocycles. The second-order valence-corrected chi connectivity index (χ2v) is 4.07. The first-order valence-electron chi connectivity index (χ1n) is 6.34. The molecule has 0 unspecified atom stereocenters. The molecule has 0 nitrogen and oxygen atoms in total. The van der Waals surface area contributed by atoms with E-state index >= 15 is 0 Å². The average Bonchev–Trinajstić information content (AvgIpc) is 2.30. The minimum Gasteiger partial charge on any atom is -0.106 e. The maximum Gasteiger partial charge on any atom is -0.0401 e. The lowest BCUT2D eigenvalue weighted by Crippen LogP contribution is -1.83. The van der Waals surface area contributed by atoms with Crippen molar-refractivity contribution in [3.63, 3.8) is 0 Å². The van der Waals surface area contributed by atoms with Crippen LogP contribution in [0, 0.1) is 5.92 Å². The number of unbranched alkanes of at least 4 members (excludes halogenated alkanes) is 1. The maximum atomic E-state index is 3.00. The topological polar surface area (TPSA) is 0 Å². The largest absolute Gasteiger partial charge is 0.106 e. The Morgan fingerprint density at radius 2 is 1.69 bits per heavy atom. The highest BCUT2D eigenvalue weighted by molar-refractivity contribution is 5.13. The monoisotopic (exact) mass is 224 g/mol. The Kier molecular flexibility index (Phi) is 25.4. The van der Waals surface area contributed by atoms with Gasteiger partial charge in [-0.3, -0.25) is 0 Å². The van der Waals surface area contributed by atoms with Gasteiger partial charge in [0.2, 0.25) is 0 Å². The molecule has 0 bridgehead atoms. The summed E-state index contributed by atoms with van der Waals surface area (Å²) in [5.41, 5.74) is 1.32. The molecule has 0 rings (SSSR count). The third-order valence-electron chi connectivity index (χ3n) is 2.02. The van der Waals surface area contributed by atoms with Gasteiger partial charge in [-0.15, -0.1) is 13.2 Å². The normalized spacial score (nSPS) is 10.6. The van der Waals surface area contributed by atoms with Gasteiger partial charge in [0.05, 0.1) is 0 Å². The van der Waals surface area contributed by atoms with Gasteiger partial charge < -0.3 is 0 Å². The van der Waals surface area contributed by atoms with Gasteiger partial charge in [-0.05, 0) is 26.7 Å². The van der Waals surface area contributed by atoms with Gasteiger partial charge in [0.15, 0.2) is 0 Å². The van der Waals surface area contributed by atoms with Gasteiger partial charge >= 0.3 is 0 Å². The first-order valence-corrected chi connectivity index (χ1v) is 6.34. The Morgan fingerprint density at radius 3 is 1.81 bits per heavy atom. The molecule has 0 fully saturated rings. The van der Waals surface area contributed by atoms with Crippen LogP contribution in [0.15, 0.2) is 37.0 Å². The van der Waals surface area contributed by atoms with Crippen LogP contribution < -0.4 is 0 Å². The standard InChI is InChI=1S/C7H16.C7H12.C2H4/c1-4-5-6-7(2)3;1-4-6-7(3)5-2;1-2/h7H,4-6H2,1-3H3;4-6H,1-3H3;1-2H2/b;6-4-,7-5-;. The fourth-order valence-corrected chi connectivity index (χ4v) is 0.971. The summed E-state index contributed by atoms with van der Waals surface area (Å²) in [7, 11) is 0. The van der Waals surface area contributed by atoms with Crippen LogP contribution in [0.25, 0.3) is 0 Å². The van der Waals surface area contributed by atoms with Crippen molar-refractivity contribution in [3.8, 4) is 0 Å². The molecule has 0 spiro atoms. The van der Waals surface area contributed by atoms with Crippen LogP contribution in [0.5, 0.6) is 0 Å². The lowest BCUT2D eigenvalue weighted by atomic mass is 10.1. The molecule has 0 saturated carbocycles. The molecule has 0 aliphatic carbocycles. The van der Waals surface area contributed by atoms with Crippen LogP contribution in [0.1, 0.15) is 60.8 Å². The first kappa shape index (κ1) is 20.6. The second-order valence-electron chi connectivity index (χ2n) is 4.07. The highest BCUT2D eigenvalue weighted by Crippen LogP contribution is 2.04. The molecule has 16 heavy (non-hydrogen) atoms. The zero-order valence-electron chi connectivity index (χ0n) is 12.3. The smallest absolute Gasteiger partial charge is 0.0401 e. The molecule has 0 atom stereocenters. The van der Waals surface area contributed by atoms with Crippen molar-refractivity contribution >= 4 is 0 Å². The van der Waals surface area contributed by atoms with Crippen molar-refractivity contribution < 1.29 is 0 Å². The lowest BCUT2D eigenvalue weighted by Gasteiger charge is -1.98. The van der Waals surface area contributed by atoms with E-state index in [0.717, 1.165) is 5.92 Å². The van der Waals surface area contributed by atoms with Gasteiger partial charge in [-0.2, -0.15) is 0 Å². The van der Waals surface area contributed by atoms with Gasteiger partial charge in [0, 0.05) is 0 Å². The summed E-state index contributed by atoms with van der Waals surface area (Å²) in [6.07, 6.45) is 10.3. The van der Waals surface area contributed by atoms with Crippen molar-refractivity contribution in [1.29, 1.82) is 0 Å². The van der Waals surface area contributed by atoms with Gasteiger partial charge in [-0.25, -0.2) is 0 Å². The Bertz CT molecular complexity index is 161. The number of hydrogen-bond donors (Lipinski definition) is 0. The van der Waals surface area contributed by atoms with E-state index in [9.17, 15) is 0 Å². The predicted molar refractivity (Wildman–Crippen MR) is 79.9 cm³/mol. The second kappa shape index (κ2) is 19.7. The molecule has 0 heterocycles. The SMILES string of the molecule is C/C=C\C(C)=C/C.C=C.CCCCC(C)C. The number of rotatable bonds is 4. The molecule has 0 aromatic heterocycles. The quantitative estimate of drug-likeness (QED) is 0.396. The van der Waals surface area contributed by atoms with Crippen molar-refractivity contribution in [2.24, 2.45) is 5.92 Å². The molecular weight excluding hydrogens is 192 g/mol. The molecular formula is C16H32. The Labute approximate surface area is 104 Å². The van der Waals surface area contributed by atoms with Crippen LogP contribution in [0.3, 0.4) is 0 Å². The zero-order valence-corrected chi connectivity index (χ0v) is 12.3. The Morgan fingerprint density at radius 1 is 1.19 bits per heavy atom. The van der Waals surface area contributed by atoms with E-state index < -0.39 is 0 Å². The van der Waals surface area contributed by atoms with Gasteiger partial charge in [0.1, 0.15) is 0 Å². The van der Waals surface area contributed by atoms with E-state index in [2.05, 4.69) is 53.0 Å². The van der Waals surface area contributed by atoms with Crippen molar-refractivity contribution in [2.45, 2.75) is 60.8 Å². The van der Waals surface area contributed by atoms with Crippen LogP contribution in [0.4, 0.5) is 0 Å². The van der Waals surface area contributed by atoms with Crippen molar-refractivity contribution in [1.82, 2.24) is 0 Å². The minimum atomic E-state index is 0.903. The molecule has 0 aliphatic heterocycles. The van der Waals surface area contributed by atoms with E-state index in [4.69, 9.17) is 0 Å². The minimum absolute atomic E-state index is 0.903. The highest BCUT2D eigenvalue weighted by Gasteiger charge is 1.88. The molecule has 0 radical (unpaired) electrons. The molecule has 0 N–H and O–H groups in total. The van der Waals surface area contributed by atoms with E-state index in [1.807, 2.05) is 19.9 Å². The Balaban J connectivity index is -0.000000183. The summed E-state index contributed by atoms with van der Waals surface area (Å²) >= 11 is 0. The van der Waals surface area contributed by atoms with Crippen molar-refractivity contribution in [3.05, 3.63) is 37.0 Å².